The van der Waals surface area contributed by atoms with Crippen LogP contribution in [0.1, 0.15) is 26.5 Å². The minimum atomic E-state index is -0.593. The van der Waals surface area contributed by atoms with Crippen LogP contribution in [0, 0.1) is 17.0 Å². The molecule has 0 aliphatic rings. The van der Waals surface area contributed by atoms with E-state index < -0.39 is 10.5 Å². The summed E-state index contributed by atoms with van der Waals surface area (Å²) in [4.78, 5) is 12.4. The molecule has 1 rings (SSSR count). The Morgan fingerprint density at radius 3 is 2.50 bits per heavy atom. The topological polar surface area (TPSA) is 84.4 Å². The van der Waals surface area contributed by atoms with Crippen molar-refractivity contribution in [1.29, 1.82) is 0 Å². The van der Waals surface area contributed by atoms with Crippen LogP contribution in [0.15, 0.2) is 0 Å². The van der Waals surface area contributed by atoms with Gasteiger partial charge in [0.1, 0.15) is 5.69 Å². The molecule has 0 saturated heterocycles. The fourth-order valence-electron chi connectivity index (χ4n) is 1.72. The van der Waals surface area contributed by atoms with Gasteiger partial charge in [0.15, 0.2) is 0 Å². The molecule has 1 aromatic heterocycles. The third kappa shape index (κ3) is 2.31. The van der Waals surface area contributed by atoms with Crippen molar-refractivity contribution in [2.45, 2.75) is 39.8 Å². The van der Waals surface area contributed by atoms with Gasteiger partial charge in [0.2, 0.25) is 5.82 Å². The van der Waals surface area contributed by atoms with Gasteiger partial charge < -0.3 is 10.0 Å². The largest absolute Gasteiger partial charge is 0.394 e. The average molecular weight is 256 g/mol. The molecule has 0 unspecified atom stereocenters. The van der Waals surface area contributed by atoms with Gasteiger partial charge in [0.25, 0.3) is 0 Å². The Bertz CT molecular complexity index is 453. The van der Waals surface area contributed by atoms with Crippen LogP contribution < -0.4 is 4.90 Å². The first-order chi connectivity index (χ1) is 8.26. The summed E-state index contributed by atoms with van der Waals surface area (Å²) in [5, 5.41) is 24.7. The maximum atomic E-state index is 11.2. The zero-order valence-electron chi connectivity index (χ0n) is 11.5. The van der Waals surface area contributed by atoms with Crippen LogP contribution in [0.3, 0.4) is 0 Å². The van der Waals surface area contributed by atoms with Crippen LogP contribution in [0.4, 0.5) is 11.5 Å². The molecule has 0 spiro atoms. The number of anilines is 1. The Balaban J connectivity index is 3.42. The molecule has 0 saturated carbocycles. The molecular formula is C11H20N4O3. The number of hydrogen-bond donors (Lipinski definition) is 1. The van der Waals surface area contributed by atoms with Gasteiger partial charge in [0.05, 0.1) is 17.1 Å². The van der Waals surface area contributed by atoms with E-state index in [9.17, 15) is 15.2 Å². The van der Waals surface area contributed by atoms with Gasteiger partial charge >= 0.3 is 5.69 Å². The lowest BCUT2D eigenvalue weighted by molar-refractivity contribution is -0.384. The summed E-state index contributed by atoms with van der Waals surface area (Å²) < 4.78 is 1.59. The highest BCUT2D eigenvalue weighted by Gasteiger charge is 2.34. The molecule has 1 aromatic rings. The minimum Gasteiger partial charge on any atom is -0.394 e. The molecule has 18 heavy (non-hydrogen) atoms. The lowest BCUT2D eigenvalue weighted by Crippen LogP contribution is -2.45. The molecule has 0 amide bonds. The number of aliphatic hydroxyl groups excluding tert-OH is 1. The zero-order valence-corrected chi connectivity index (χ0v) is 11.5. The summed E-state index contributed by atoms with van der Waals surface area (Å²) in [5.41, 5.74) is -0.206. The van der Waals surface area contributed by atoms with E-state index in [2.05, 4.69) is 5.10 Å². The molecule has 0 aliphatic heterocycles. The minimum absolute atomic E-state index is 0.000810. The van der Waals surface area contributed by atoms with E-state index in [1.54, 1.807) is 23.6 Å². The molecule has 7 heteroatoms. The molecule has 0 aliphatic carbocycles. The summed E-state index contributed by atoms with van der Waals surface area (Å²) >= 11 is 0. The molecule has 0 radical (unpaired) electrons. The van der Waals surface area contributed by atoms with E-state index in [4.69, 9.17) is 0 Å². The van der Waals surface area contributed by atoms with Crippen molar-refractivity contribution < 1.29 is 10.0 Å². The van der Waals surface area contributed by atoms with Crippen molar-refractivity contribution in [2.24, 2.45) is 0 Å². The van der Waals surface area contributed by atoms with Crippen LogP contribution in [-0.4, -0.2) is 39.0 Å². The molecule has 0 bridgehead atoms. The monoisotopic (exact) mass is 256 g/mol. The van der Waals surface area contributed by atoms with Crippen LogP contribution >= 0.6 is 0 Å². The summed E-state index contributed by atoms with van der Waals surface area (Å²) in [6, 6.07) is 0. The van der Waals surface area contributed by atoms with E-state index in [-0.39, 0.29) is 12.3 Å². The first kappa shape index (κ1) is 14.4. The van der Waals surface area contributed by atoms with Gasteiger partial charge in [0, 0.05) is 13.6 Å². The predicted octanol–water partition coefficient (Wildman–Crippen LogP) is 1.33. The molecule has 102 valence electrons. The van der Waals surface area contributed by atoms with Crippen LogP contribution in [-0.2, 0) is 6.54 Å². The Labute approximate surface area is 106 Å². The number of rotatable bonds is 5. The Kier molecular flexibility index (Phi) is 3.95. The number of hydrogen-bond acceptors (Lipinski definition) is 5. The maximum absolute atomic E-state index is 11.2. The average Bonchev–Trinajstić information content (AvgIpc) is 2.64. The maximum Gasteiger partial charge on any atom is 0.333 e. The quantitative estimate of drug-likeness (QED) is 0.634. The van der Waals surface area contributed by atoms with E-state index in [0.29, 0.717) is 18.1 Å². The third-order valence-corrected chi connectivity index (χ3v) is 3.16. The number of aromatic nitrogens is 2. The molecule has 1 N–H and O–H groups in total. The van der Waals surface area contributed by atoms with Gasteiger partial charge in [-0.25, -0.2) is 4.68 Å². The van der Waals surface area contributed by atoms with Gasteiger partial charge in [-0.2, -0.15) is 5.10 Å². The van der Waals surface area contributed by atoms with Crippen LogP contribution in [0.5, 0.6) is 0 Å². The number of aryl methyl sites for hydroxylation is 2. The number of likely N-dealkylation sites (N-methyl/N-ethyl adjacent to an activating group) is 1. The predicted molar refractivity (Wildman–Crippen MR) is 68.9 cm³/mol. The standard InChI is InChI=1S/C11H20N4O3/c1-6-14-10(13(5)11(3,4)7-16)9(15(17)18)8(2)12-14/h16H,6-7H2,1-5H3. The summed E-state index contributed by atoms with van der Waals surface area (Å²) in [6.07, 6.45) is 0. The smallest absolute Gasteiger partial charge is 0.333 e. The summed E-state index contributed by atoms with van der Waals surface area (Å²) in [5.74, 6) is 0.430. The summed E-state index contributed by atoms with van der Waals surface area (Å²) in [7, 11) is 1.73. The first-order valence-corrected chi connectivity index (χ1v) is 5.82. The zero-order chi connectivity index (χ0) is 14.1. The Morgan fingerprint density at radius 2 is 2.11 bits per heavy atom. The Hall–Kier alpha value is -1.63. The van der Waals surface area contributed by atoms with Crippen LogP contribution in [0.25, 0.3) is 0 Å². The van der Waals surface area contributed by atoms with Crippen molar-refractivity contribution in [3.05, 3.63) is 15.8 Å². The van der Waals surface area contributed by atoms with Gasteiger partial charge in [-0.1, -0.05) is 0 Å². The summed E-state index contributed by atoms with van der Waals surface area (Å²) in [6.45, 7) is 7.57. The number of nitrogens with zero attached hydrogens (tertiary/aromatic N) is 4. The van der Waals surface area contributed by atoms with Crippen molar-refractivity contribution in [3.63, 3.8) is 0 Å². The van der Waals surface area contributed by atoms with Gasteiger partial charge in [-0.3, -0.25) is 10.1 Å². The van der Waals surface area contributed by atoms with Crippen molar-refractivity contribution in [3.8, 4) is 0 Å². The van der Waals surface area contributed by atoms with Gasteiger partial charge in [-0.05, 0) is 27.7 Å². The molecule has 7 nitrogen and oxygen atoms in total. The molecule has 0 fully saturated rings. The van der Waals surface area contributed by atoms with E-state index in [1.807, 2.05) is 20.8 Å². The Morgan fingerprint density at radius 1 is 1.56 bits per heavy atom. The normalized spacial score (nSPS) is 11.7. The van der Waals surface area contributed by atoms with Crippen molar-refractivity contribution in [1.82, 2.24) is 9.78 Å². The van der Waals surface area contributed by atoms with Crippen molar-refractivity contribution >= 4 is 11.5 Å². The molecule has 0 atom stereocenters. The van der Waals surface area contributed by atoms with Crippen LogP contribution in [0.2, 0.25) is 0 Å². The highest BCUT2D eigenvalue weighted by atomic mass is 16.6. The number of aliphatic hydroxyl groups is 1. The SMILES string of the molecule is CCn1nc(C)c([N+](=O)[O-])c1N(C)C(C)(C)CO. The van der Waals surface area contributed by atoms with E-state index in [0.717, 1.165) is 0 Å². The molecule has 1 heterocycles. The first-order valence-electron chi connectivity index (χ1n) is 5.82. The second-order valence-electron chi connectivity index (χ2n) is 4.86. The highest BCUT2D eigenvalue weighted by Crippen LogP contribution is 2.34. The fraction of sp³-hybridized carbons (Fsp3) is 0.727. The fourth-order valence-corrected chi connectivity index (χ4v) is 1.72. The van der Waals surface area contributed by atoms with Crippen molar-refractivity contribution in [2.75, 3.05) is 18.6 Å². The third-order valence-electron chi connectivity index (χ3n) is 3.16. The van der Waals surface area contributed by atoms with E-state index in [1.165, 1.54) is 0 Å². The molecular weight excluding hydrogens is 236 g/mol. The second kappa shape index (κ2) is 4.93. The van der Waals surface area contributed by atoms with E-state index >= 15 is 0 Å². The lowest BCUT2D eigenvalue weighted by Gasteiger charge is -2.34. The second-order valence-corrected chi connectivity index (χ2v) is 4.86. The number of nitro groups is 1. The lowest BCUT2D eigenvalue weighted by atomic mass is 10.1. The van der Waals surface area contributed by atoms with Gasteiger partial charge in [-0.15, -0.1) is 0 Å². The molecule has 0 aromatic carbocycles. The highest BCUT2D eigenvalue weighted by molar-refractivity contribution is 5.62.